The van der Waals surface area contributed by atoms with Gasteiger partial charge in [-0.05, 0) is 18.9 Å². The van der Waals surface area contributed by atoms with Gasteiger partial charge in [0.2, 0.25) is 10.0 Å². The van der Waals surface area contributed by atoms with Gasteiger partial charge < -0.3 is 5.32 Å². The van der Waals surface area contributed by atoms with E-state index in [9.17, 15) is 13.2 Å². The number of nitrogens with zero attached hydrogens (tertiary/aromatic N) is 2. The number of amides is 2. The van der Waals surface area contributed by atoms with Crippen molar-refractivity contribution in [3.8, 4) is 0 Å². The van der Waals surface area contributed by atoms with E-state index < -0.39 is 10.0 Å². The molecule has 0 saturated carbocycles. The maximum atomic E-state index is 12.0. The van der Waals surface area contributed by atoms with Crippen LogP contribution < -0.4 is 10.6 Å². The average Bonchev–Trinajstić information content (AvgIpc) is 3.03. The Balaban J connectivity index is 1.53. The molecule has 3 rings (SSSR count). The number of urea groups is 1. The van der Waals surface area contributed by atoms with E-state index in [0.717, 1.165) is 22.6 Å². The van der Waals surface area contributed by atoms with Crippen LogP contribution in [0.1, 0.15) is 23.1 Å². The van der Waals surface area contributed by atoms with E-state index in [1.54, 1.807) is 6.92 Å². The fourth-order valence-corrected chi connectivity index (χ4v) is 4.91. The van der Waals surface area contributed by atoms with Crippen LogP contribution in [0.15, 0.2) is 30.3 Å². The van der Waals surface area contributed by atoms with Gasteiger partial charge in [0.15, 0.2) is 5.13 Å². The van der Waals surface area contributed by atoms with Gasteiger partial charge in [-0.2, -0.15) is 4.31 Å². The van der Waals surface area contributed by atoms with E-state index in [4.69, 9.17) is 0 Å². The Bertz CT molecular complexity index is 865. The number of hydrogen-bond donors (Lipinski definition) is 2. The van der Waals surface area contributed by atoms with E-state index in [1.165, 1.54) is 15.6 Å². The molecule has 0 radical (unpaired) electrons. The zero-order valence-electron chi connectivity index (χ0n) is 14.6. The molecule has 7 nitrogen and oxygen atoms in total. The number of carbonyl (C=O) groups excluding carboxylic acids is 1. The maximum absolute atomic E-state index is 12.0. The first-order chi connectivity index (χ1) is 12.5. The van der Waals surface area contributed by atoms with Gasteiger partial charge in [0.1, 0.15) is 0 Å². The number of carbonyl (C=O) groups is 1. The molecule has 0 spiro atoms. The van der Waals surface area contributed by atoms with Gasteiger partial charge >= 0.3 is 6.03 Å². The summed E-state index contributed by atoms with van der Waals surface area (Å²) in [5.41, 5.74) is 2.03. The predicted octanol–water partition coefficient (Wildman–Crippen LogP) is 2.22. The van der Waals surface area contributed by atoms with Crippen molar-refractivity contribution in [2.75, 3.05) is 24.2 Å². The SMILES string of the molecule is CCS(=O)(=O)N1CCc2nc(NC(=O)NCCc3ccccc3)sc2C1. The average molecular weight is 395 g/mol. The monoisotopic (exact) mass is 394 g/mol. The highest BCUT2D eigenvalue weighted by atomic mass is 32.2. The van der Waals surface area contributed by atoms with Crippen molar-refractivity contribution in [2.24, 2.45) is 0 Å². The largest absolute Gasteiger partial charge is 0.337 e. The van der Waals surface area contributed by atoms with Crippen LogP contribution in [0.3, 0.4) is 0 Å². The lowest BCUT2D eigenvalue weighted by molar-refractivity contribution is 0.252. The summed E-state index contributed by atoms with van der Waals surface area (Å²) in [5.74, 6) is 0.0933. The molecular formula is C17H22N4O3S2. The molecule has 1 aromatic heterocycles. The van der Waals surface area contributed by atoms with Crippen molar-refractivity contribution in [2.45, 2.75) is 26.3 Å². The van der Waals surface area contributed by atoms with Crippen LogP contribution in [0.4, 0.5) is 9.93 Å². The van der Waals surface area contributed by atoms with E-state index in [-0.39, 0.29) is 11.8 Å². The Morgan fingerprint density at radius 1 is 1.31 bits per heavy atom. The molecule has 0 unspecified atom stereocenters. The summed E-state index contributed by atoms with van der Waals surface area (Å²) in [6.07, 6.45) is 1.33. The molecule has 2 N–H and O–H groups in total. The smallest absolute Gasteiger partial charge is 0.321 e. The fraction of sp³-hybridized carbons (Fsp3) is 0.412. The second-order valence-electron chi connectivity index (χ2n) is 5.99. The van der Waals surface area contributed by atoms with Gasteiger partial charge in [-0.15, -0.1) is 0 Å². The highest BCUT2D eigenvalue weighted by molar-refractivity contribution is 7.89. The van der Waals surface area contributed by atoms with E-state index in [2.05, 4.69) is 15.6 Å². The summed E-state index contributed by atoms with van der Waals surface area (Å²) >= 11 is 1.33. The summed E-state index contributed by atoms with van der Waals surface area (Å²) in [6, 6.07) is 9.63. The molecule has 2 aromatic rings. The molecule has 2 amide bonds. The lowest BCUT2D eigenvalue weighted by Gasteiger charge is -2.24. The minimum Gasteiger partial charge on any atom is -0.337 e. The summed E-state index contributed by atoms with van der Waals surface area (Å²) in [5, 5.41) is 6.06. The lowest BCUT2D eigenvalue weighted by atomic mass is 10.1. The minimum atomic E-state index is -3.20. The zero-order chi connectivity index (χ0) is 18.6. The number of nitrogens with one attached hydrogen (secondary N) is 2. The van der Waals surface area contributed by atoms with Gasteiger partial charge in [-0.3, -0.25) is 5.32 Å². The number of rotatable bonds is 6. The van der Waals surface area contributed by atoms with Crippen LogP contribution in [0, 0.1) is 0 Å². The van der Waals surface area contributed by atoms with Crippen molar-refractivity contribution in [3.63, 3.8) is 0 Å². The van der Waals surface area contributed by atoms with Crippen molar-refractivity contribution in [1.82, 2.24) is 14.6 Å². The van der Waals surface area contributed by atoms with Gasteiger partial charge in [0.25, 0.3) is 0 Å². The fourth-order valence-electron chi connectivity index (χ4n) is 2.75. The van der Waals surface area contributed by atoms with Gasteiger partial charge in [-0.25, -0.2) is 18.2 Å². The maximum Gasteiger partial charge on any atom is 0.321 e. The summed E-state index contributed by atoms with van der Waals surface area (Å²) in [4.78, 5) is 17.3. The molecule has 0 atom stereocenters. The molecule has 0 aliphatic carbocycles. The van der Waals surface area contributed by atoms with E-state index in [1.807, 2.05) is 30.3 Å². The highest BCUT2D eigenvalue weighted by Crippen LogP contribution is 2.29. The van der Waals surface area contributed by atoms with Crippen LogP contribution in [0.5, 0.6) is 0 Å². The van der Waals surface area contributed by atoms with Crippen LogP contribution >= 0.6 is 11.3 Å². The third-order valence-electron chi connectivity index (χ3n) is 4.22. The molecular weight excluding hydrogens is 372 g/mol. The number of thiazole rings is 1. The minimum absolute atomic E-state index is 0.0933. The number of benzene rings is 1. The molecule has 26 heavy (non-hydrogen) atoms. The van der Waals surface area contributed by atoms with Crippen LogP contribution in [-0.2, 0) is 29.4 Å². The summed E-state index contributed by atoms with van der Waals surface area (Å²) < 4.78 is 25.5. The normalized spacial score (nSPS) is 14.7. The second kappa shape index (κ2) is 8.15. The van der Waals surface area contributed by atoms with Crippen molar-refractivity contribution >= 4 is 32.5 Å². The number of hydrogen-bond acceptors (Lipinski definition) is 5. The first-order valence-corrected chi connectivity index (χ1v) is 11.0. The molecule has 140 valence electrons. The zero-order valence-corrected chi connectivity index (χ0v) is 16.2. The quantitative estimate of drug-likeness (QED) is 0.786. The lowest BCUT2D eigenvalue weighted by Crippen LogP contribution is -2.36. The third-order valence-corrected chi connectivity index (χ3v) is 7.04. The highest BCUT2D eigenvalue weighted by Gasteiger charge is 2.28. The van der Waals surface area contributed by atoms with Gasteiger partial charge in [0, 0.05) is 30.9 Å². The first-order valence-electron chi connectivity index (χ1n) is 8.53. The molecule has 0 bridgehead atoms. The molecule has 2 heterocycles. The predicted molar refractivity (Wildman–Crippen MR) is 103 cm³/mol. The number of sulfonamides is 1. The summed E-state index contributed by atoms with van der Waals surface area (Å²) in [6.45, 7) is 2.95. The molecule has 1 aliphatic heterocycles. The van der Waals surface area contributed by atoms with Gasteiger partial charge in [-0.1, -0.05) is 41.7 Å². The van der Waals surface area contributed by atoms with Crippen molar-refractivity contribution in [1.29, 1.82) is 0 Å². The number of fused-ring (bicyclic) bond motifs is 1. The van der Waals surface area contributed by atoms with Crippen molar-refractivity contribution in [3.05, 3.63) is 46.5 Å². The van der Waals surface area contributed by atoms with E-state index >= 15 is 0 Å². The Labute approximate surface area is 157 Å². The molecule has 9 heteroatoms. The Morgan fingerprint density at radius 2 is 2.08 bits per heavy atom. The van der Waals surface area contributed by atoms with Gasteiger partial charge in [0.05, 0.1) is 11.4 Å². The first kappa shape index (κ1) is 18.8. The van der Waals surface area contributed by atoms with Crippen LogP contribution in [0.25, 0.3) is 0 Å². The van der Waals surface area contributed by atoms with E-state index in [0.29, 0.717) is 31.2 Å². The third kappa shape index (κ3) is 4.60. The number of anilines is 1. The molecule has 1 aromatic carbocycles. The summed E-state index contributed by atoms with van der Waals surface area (Å²) in [7, 11) is -3.20. The van der Waals surface area contributed by atoms with Crippen molar-refractivity contribution < 1.29 is 13.2 Å². The second-order valence-corrected chi connectivity index (χ2v) is 9.33. The topological polar surface area (TPSA) is 91.4 Å². The molecule has 0 fully saturated rings. The van der Waals surface area contributed by atoms with Crippen LogP contribution in [0.2, 0.25) is 0 Å². The Morgan fingerprint density at radius 3 is 2.81 bits per heavy atom. The molecule has 1 aliphatic rings. The number of aromatic nitrogens is 1. The Hall–Kier alpha value is -1.97. The molecule has 0 saturated heterocycles. The standard InChI is InChI=1S/C17H22N4O3S2/c1-2-26(23,24)21-11-9-14-15(12-21)25-17(19-14)20-16(22)18-10-8-13-6-4-3-5-7-13/h3-7H,2,8-12H2,1H3,(H2,18,19,20,22). The Kier molecular flexibility index (Phi) is 5.90. The van der Waals surface area contributed by atoms with Crippen LogP contribution in [-0.4, -0.2) is 42.6 Å².